The van der Waals surface area contributed by atoms with Gasteiger partial charge in [-0.1, -0.05) is 56.5 Å². The number of ether oxygens (including phenoxy) is 5. The van der Waals surface area contributed by atoms with E-state index in [2.05, 4.69) is 26.7 Å². The van der Waals surface area contributed by atoms with Crippen LogP contribution in [-0.4, -0.2) is 95.0 Å². The molecule has 3 aliphatic heterocycles. The Hall–Kier alpha value is -2.15. The summed E-state index contributed by atoms with van der Waals surface area (Å²) in [5.74, 6) is -0.395. The minimum absolute atomic E-state index is 0.00775. The Morgan fingerprint density at radius 1 is 1.09 bits per heavy atom. The standard InChI is InChI=1S/C36H53NO8S/c1-6-16-42-17-10-11-28-19-25(3)32(43-28)15-14-29-18-24(2)26(4)33(44-29)21-34-31(23-46(39,40)30-12-8-7-9-13-30)36(41-5)35(45-34)20-27(38)22-37/h6-13,24,27-29,31-36,38H,1,3-4,14-23,37H2,2,5H3/b11-10+/t24-,27+,28+,29+,31+,32+,33?,34+,35?,36-/m1/s1. The second-order valence-corrected chi connectivity index (χ2v) is 14.9. The topological polar surface area (TPSA) is 127 Å². The Kier molecular flexibility index (Phi) is 13.8. The van der Waals surface area contributed by atoms with E-state index >= 15 is 0 Å². The molecule has 0 amide bonds. The molecule has 1 aromatic carbocycles. The molecule has 0 bridgehead atoms. The fourth-order valence-electron chi connectivity index (χ4n) is 6.92. The molecule has 9 nitrogen and oxygen atoms in total. The zero-order valence-electron chi connectivity index (χ0n) is 27.4. The van der Waals surface area contributed by atoms with Crippen LogP contribution < -0.4 is 5.73 Å². The van der Waals surface area contributed by atoms with Crippen LogP contribution in [0.15, 0.2) is 84.3 Å². The van der Waals surface area contributed by atoms with Gasteiger partial charge in [-0.3, -0.25) is 0 Å². The molecule has 2 unspecified atom stereocenters. The van der Waals surface area contributed by atoms with Gasteiger partial charge in [0.1, 0.15) is 0 Å². The second kappa shape index (κ2) is 17.3. The zero-order valence-corrected chi connectivity index (χ0v) is 28.2. The van der Waals surface area contributed by atoms with Crippen molar-refractivity contribution in [2.24, 2.45) is 17.6 Å². The first-order valence-corrected chi connectivity index (χ1v) is 18.1. The molecule has 46 heavy (non-hydrogen) atoms. The lowest BCUT2D eigenvalue weighted by Gasteiger charge is -2.38. The molecule has 10 atom stereocenters. The van der Waals surface area contributed by atoms with Gasteiger partial charge in [0.05, 0.1) is 72.7 Å². The third-order valence-corrected chi connectivity index (χ3v) is 11.3. The van der Waals surface area contributed by atoms with Crippen LogP contribution in [-0.2, 0) is 33.5 Å². The van der Waals surface area contributed by atoms with Crippen LogP contribution in [0, 0.1) is 11.8 Å². The summed E-state index contributed by atoms with van der Waals surface area (Å²) >= 11 is 0. The van der Waals surface area contributed by atoms with Crippen LogP contribution in [0.4, 0.5) is 0 Å². The zero-order chi connectivity index (χ0) is 33.3. The highest BCUT2D eigenvalue weighted by Gasteiger charge is 2.48. The third kappa shape index (κ3) is 9.70. The van der Waals surface area contributed by atoms with Crippen molar-refractivity contribution in [1.82, 2.24) is 0 Å². The molecule has 3 aliphatic rings. The molecule has 3 saturated heterocycles. The van der Waals surface area contributed by atoms with E-state index in [-0.39, 0.29) is 53.9 Å². The van der Waals surface area contributed by atoms with E-state index in [9.17, 15) is 13.5 Å². The molecule has 3 N–H and O–H groups in total. The largest absolute Gasteiger partial charge is 0.392 e. The number of aliphatic hydroxyl groups is 1. The van der Waals surface area contributed by atoms with Crippen LogP contribution in [0.25, 0.3) is 0 Å². The Morgan fingerprint density at radius 3 is 2.54 bits per heavy atom. The fourth-order valence-corrected chi connectivity index (χ4v) is 8.59. The molecule has 0 radical (unpaired) electrons. The molecule has 0 saturated carbocycles. The predicted molar refractivity (Wildman–Crippen MR) is 179 cm³/mol. The van der Waals surface area contributed by atoms with Gasteiger partial charge in [0, 0.05) is 38.8 Å². The van der Waals surface area contributed by atoms with Crippen molar-refractivity contribution >= 4 is 9.84 Å². The number of hydrogen-bond acceptors (Lipinski definition) is 9. The third-order valence-electron chi connectivity index (χ3n) is 9.45. The highest BCUT2D eigenvalue weighted by Crippen LogP contribution is 2.41. The number of methoxy groups -OCH3 is 1. The average Bonchev–Trinajstić information content (AvgIpc) is 3.55. The van der Waals surface area contributed by atoms with Crippen molar-refractivity contribution in [3.63, 3.8) is 0 Å². The van der Waals surface area contributed by atoms with Gasteiger partial charge < -0.3 is 34.5 Å². The van der Waals surface area contributed by atoms with Crippen LogP contribution in [0.1, 0.15) is 45.4 Å². The van der Waals surface area contributed by atoms with E-state index in [0.29, 0.717) is 19.6 Å². The first-order valence-electron chi connectivity index (χ1n) is 16.4. The number of benzene rings is 1. The second-order valence-electron chi connectivity index (χ2n) is 12.8. The maximum Gasteiger partial charge on any atom is 0.178 e. The van der Waals surface area contributed by atoms with E-state index in [1.807, 2.05) is 12.2 Å². The predicted octanol–water partition coefficient (Wildman–Crippen LogP) is 4.56. The monoisotopic (exact) mass is 659 g/mol. The highest BCUT2D eigenvalue weighted by atomic mass is 32.2. The summed E-state index contributed by atoms with van der Waals surface area (Å²) in [6.07, 6.45) is 7.02. The van der Waals surface area contributed by atoms with Gasteiger partial charge in [0.15, 0.2) is 9.84 Å². The molecule has 1 aromatic rings. The maximum absolute atomic E-state index is 13.5. The summed E-state index contributed by atoms with van der Waals surface area (Å²) in [4.78, 5) is 0.260. The minimum atomic E-state index is -3.64. The quantitative estimate of drug-likeness (QED) is 0.183. The minimum Gasteiger partial charge on any atom is -0.392 e. The normalized spacial score (nSPS) is 32.7. The Balaban J connectivity index is 1.42. The highest BCUT2D eigenvalue weighted by molar-refractivity contribution is 7.91. The molecule has 10 heteroatoms. The van der Waals surface area contributed by atoms with Gasteiger partial charge in [0.2, 0.25) is 0 Å². The molecule has 0 spiro atoms. The first-order chi connectivity index (χ1) is 22.1. The van der Waals surface area contributed by atoms with Gasteiger partial charge in [-0.05, 0) is 48.5 Å². The van der Waals surface area contributed by atoms with Crippen LogP contribution in [0.3, 0.4) is 0 Å². The molecular weight excluding hydrogens is 606 g/mol. The summed E-state index contributed by atoms with van der Waals surface area (Å²) < 4.78 is 57.8. The van der Waals surface area contributed by atoms with E-state index < -0.39 is 40.2 Å². The fraction of sp³-hybridized carbons (Fsp3) is 0.611. The van der Waals surface area contributed by atoms with Crippen molar-refractivity contribution in [3.05, 3.63) is 79.4 Å². The van der Waals surface area contributed by atoms with Crippen molar-refractivity contribution in [1.29, 1.82) is 0 Å². The van der Waals surface area contributed by atoms with E-state index in [0.717, 1.165) is 36.8 Å². The summed E-state index contributed by atoms with van der Waals surface area (Å²) in [6.45, 7) is 15.6. The van der Waals surface area contributed by atoms with Crippen LogP contribution >= 0.6 is 0 Å². The van der Waals surface area contributed by atoms with Crippen LogP contribution in [0.2, 0.25) is 0 Å². The molecule has 4 rings (SSSR count). The number of sulfone groups is 1. The van der Waals surface area contributed by atoms with Gasteiger partial charge in [-0.15, -0.1) is 6.58 Å². The number of nitrogens with two attached hydrogens (primary N) is 1. The van der Waals surface area contributed by atoms with Gasteiger partial charge in [-0.25, -0.2) is 8.42 Å². The van der Waals surface area contributed by atoms with Crippen molar-refractivity contribution in [2.75, 3.05) is 32.6 Å². The van der Waals surface area contributed by atoms with E-state index in [1.54, 1.807) is 43.5 Å². The number of rotatable bonds is 17. The number of aliphatic hydroxyl groups excluding tert-OH is 1. The summed E-state index contributed by atoms with van der Waals surface area (Å²) in [5.41, 5.74) is 7.78. The molecular formula is C36H53NO8S. The van der Waals surface area contributed by atoms with E-state index in [1.165, 1.54) is 0 Å². The molecule has 0 aromatic heterocycles. The van der Waals surface area contributed by atoms with Crippen molar-refractivity contribution < 1.29 is 37.2 Å². The first kappa shape index (κ1) is 36.7. The number of hydrogen-bond donors (Lipinski definition) is 2. The lowest BCUT2D eigenvalue weighted by molar-refractivity contribution is -0.0766. The molecule has 3 heterocycles. The SMILES string of the molecule is C=CCOC/C=C/[C@H]1CC(=C)[C@H](CC[C@H]2C[C@@H](C)C(=C)C(C[C@@H]3OC(C[C@H](O)CN)[C@H](OC)[C@H]3CS(=O)(=O)c3ccccc3)O2)O1. The lowest BCUT2D eigenvalue weighted by Crippen LogP contribution is -2.40. The summed E-state index contributed by atoms with van der Waals surface area (Å²) in [7, 11) is -2.08. The summed E-state index contributed by atoms with van der Waals surface area (Å²) in [6, 6.07) is 8.44. The van der Waals surface area contributed by atoms with Crippen LogP contribution in [0.5, 0.6) is 0 Å². The Bertz CT molecular complexity index is 1280. The average molecular weight is 660 g/mol. The van der Waals surface area contributed by atoms with Gasteiger partial charge in [-0.2, -0.15) is 0 Å². The van der Waals surface area contributed by atoms with Gasteiger partial charge in [0.25, 0.3) is 0 Å². The van der Waals surface area contributed by atoms with Gasteiger partial charge >= 0.3 is 0 Å². The van der Waals surface area contributed by atoms with Crippen molar-refractivity contribution in [2.45, 2.75) is 99.2 Å². The smallest absolute Gasteiger partial charge is 0.178 e. The lowest BCUT2D eigenvalue weighted by atomic mass is 9.83. The van der Waals surface area contributed by atoms with E-state index in [4.69, 9.17) is 29.4 Å². The van der Waals surface area contributed by atoms with Crippen molar-refractivity contribution in [3.8, 4) is 0 Å². The molecule has 256 valence electrons. The Labute approximate surface area is 275 Å². The Morgan fingerprint density at radius 2 is 1.85 bits per heavy atom. The molecule has 0 aliphatic carbocycles. The summed E-state index contributed by atoms with van der Waals surface area (Å²) in [5, 5.41) is 10.4. The molecule has 3 fully saturated rings. The maximum atomic E-state index is 13.5.